The van der Waals surface area contributed by atoms with Crippen LogP contribution in [0.4, 0.5) is 5.82 Å². The van der Waals surface area contributed by atoms with Crippen LogP contribution in [0.15, 0.2) is 18.3 Å². The summed E-state index contributed by atoms with van der Waals surface area (Å²) >= 11 is 1.59. The second kappa shape index (κ2) is 7.14. The van der Waals surface area contributed by atoms with E-state index in [1.807, 2.05) is 23.0 Å². The number of aliphatic hydroxyl groups is 1. The predicted molar refractivity (Wildman–Crippen MR) is 107 cm³/mol. The van der Waals surface area contributed by atoms with E-state index in [9.17, 15) is 9.90 Å². The number of amides is 1. The first-order valence-electron chi connectivity index (χ1n) is 9.63. The third-order valence-corrected chi connectivity index (χ3v) is 6.34. The van der Waals surface area contributed by atoms with E-state index in [1.165, 1.54) is 19.3 Å². The molecule has 142 valence electrons. The summed E-state index contributed by atoms with van der Waals surface area (Å²) in [5, 5.41) is 17.5. The average molecular weight is 384 g/mol. The Morgan fingerprint density at radius 2 is 2.07 bits per heavy atom. The minimum absolute atomic E-state index is 0.0220. The average Bonchev–Trinajstić information content (AvgIpc) is 3.26. The first-order valence-corrected chi connectivity index (χ1v) is 10.4. The van der Waals surface area contributed by atoms with Gasteiger partial charge in [-0.2, -0.15) is 5.10 Å². The normalized spacial score (nSPS) is 20.6. The molecule has 4 rings (SSSR count). The van der Waals surface area contributed by atoms with Crippen molar-refractivity contribution in [2.24, 2.45) is 0 Å². The van der Waals surface area contributed by atoms with Gasteiger partial charge in [-0.3, -0.25) is 4.79 Å². The molecule has 5 nitrogen and oxygen atoms in total. The van der Waals surface area contributed by atoms with Gasteiger partial charge in [-0.05, 0) is 38.8 Å². The molecule has 6 heteroatoms. The Morgan fingerprint density at radius 1 is 1.30 bits per heavy atom. The highest BCUT2D eigenvalue weighted by Crippen LogP contribution is 2.42. The van der Waals surface area contributed by atoms with Gasteiger partial charge in [0.05, 0.1) is 17.1 Å². The van der Waals surface area contributed by atoms with Crippen LogP contribution in [0.25, 0.3) is 0 Å². The lowest BCUT2D eigenvalue weighted by Crippen LogP contribution is -2.26. The summed E-state index contributed by atoms with van der Waals surface area (Å²) in [5.74, 6) is 6.82. The molecule has 0 saturated heterocycles. The van der Waals surface area contributed by atoms with Gasteiger partial charge in [-0.25, -0.2) is 4.68 Å². The highest BCUT2D eigenvalue weighted by molar-refractivity contribution is 7.12. The fourth-order valence-electron chi connectivity index (χ4n) is 3.92. The van der Waals surface area contributed by atoms with Gasteiger partial charge in [-0.15, -0.1) is 11.3 Å². The SMILES string of the molecule is CC(C)(O)C#Cc1ccc(C2CC(=O)Nc3c2cnn3C2CCCCC2)s1. The molecule has 2 aliphatic rings. The van der Waals surface area contributed by atoms with Crippen molar-refractivity contribution in [2.75, 3.05) is 5.32 Å². The molecule has 1 saturated carbocycles. The van der Waals surface area contributed by atoms with Crippen LogP contribution in [-0.2, 0) is 4.79 Å². The van der Waals surface area contributed by atoms with Crippen LogP contribution >= 0.6 is 11.3 Å². The van der Waals surface area contributed by atoms with Crippen LogP contribution < -0.4 is 5.32 Å². The van der Waals surface area contributed by atoms with E-state index in [4.69, 9.17) is 0 Å². The van der Waals surface area contributed by atoms with E-state index in [0.717, 1.165) is 34.0 Å². The number of hydrogen-bond donors (Lipinski definition) is 2. The van der Waals surface area contributed by atoms with Crippen molar-refractivity contribution in [1.29, 1.82) is 0 Å². The van der Waals surface area contributed by atoms with Gasteiger partial charge in [-0.1, -0.05) is 31.1 Å². The molecule has 1 aliphatic carbocycles. The van der Waals surface area contributed by atoms with Gasteiger partial charge in [0.25, 0.3) is 0 Å². The zero-order valence-corrected chi connectivity index (χ0v) is 16.6. The largest absolute Gasteiger partial charge is 0.378 e. The summed E-state index contributed by atoms with van der Waals surface area (Å²) in [6, 6.07) is 4.40. The Kier molecular flexibility index (Phi) is 4.83. The number of nitrogens with zero attached hydrogens (tertiary/aromatic N) is 2. The van der Waals surface area contributed by atoms with E-state index in [1.54, 1.807) is 25.2 Å². The molecular weight excluding hydrogens is 358 g/mol. The van der Waals surface area contributed by atoms with Crippen LogP contribution in [0.5, 0.6) is 0 Å². The lowest BCUT2D eigenvalue weighted by Gasteiger charge is -2.27. The number of anilines is 1. The van der Waals surface area contributed by atoms with Crippen LogP contribution in [0.3, 0.4) is 0 Å². The highest BCUT2D eigenvalue weighted by atomic mass is 32.1. The van der Waals surface area contributed by atoms with Gasteiger partial charge in [0.2, 0.25) is 5.91 Å². The number of carbonyl (C=O) groups excluding carboxylic acids is 1. The molecule has 0 radical (unpaired) electrons. The molecule has 1 amide bonds. The Bertz CT molecular complexity index is 904. The standard InChI is InChI=1S/C21H25N3O2S/c1-21(2,26)11-10-15-8-9-18(27-15)16-12-19(25)23-20-17(16)13-22-24(20)14-6-4-3-5-7-14/h8-9,13-14,16,26H,3-7,12H2,1-2H3,(H,23,25). The first kappa shape index (κ1) is 18.3. The molecule has 1 atom stereocenters. The summed E-state index contributed by atoms with van der Waals surface area (Å²) in [5.41, 5.74) is 0.0902. The molecule has 1 unspecified atom stereocenters. The number of carbonyl (C=O) groups is 1. The molecule has 2 aromatic rings. The van der Waals surface area contributed by atoms with Crippen molar-refractivity contribution in [2.45, 2.75) is 69.9 Å². The van der Waals surface area contributed by atoms with Gasteiger partial charge < -0.3 is 10.4 Å². The molecule has 2 N–H and O–H groups in total. The fourth-order valence-corrected chi connectivity index (χ4v) is 4.90. The smallest absolute Gasteiger partial charge is 0.226 e. The van der Waals surface area contributed by atoms with Crippen molar-refractivity contribution >= 4 is 23.1 Å². The van der Waals surface area contributed by atoms with Crippen LogP contribution in [0.1, 0.15) is 79.6 Å². The van der Waals surface area contributed by atoms with Gasteiger partial charge in [0, 0.05) is 22.8 Å². The number of aromatic nitrogens is 2. The van der Waals surface area contributed by atoms with Crippen LogP contribution in [-0.4, -0.2) is 26.4 Å². The third kappa shape index (κ3) is 3.95. The summed E-state index contributed by atoms with van der Waals surface area (Å²) in [7, 11) is 0. The molecule has 0 spiro atoms. The monoisotopic (exact) mass is 383 g/mol. The van der Waals surface area contributed by atoms with E-state index >= 15 is 0 Å². The fraction of sp³-hybridized carbons (Fsp3) is 0.524. The number of hydrogen-bond acceptors (Lipinski definition) is 4. The lowest BCUT2D eigenvalue weighted by atomic mass is 9.92. The molecular formula is C21H25N3O2S. The van der Waals surface area contributed by atoms with Crippen LogP contribution in [0.2, 0.25) is 0 Å². The second-order valence-electron chi connectivity index (χ2n) is 8.00. The molecule has 0 bridgehead atoms. The predicted octanol–water partition coefficient (Wildman–Crippen LogP) is 4.05. The minimum Gasteiger partial charge on any atom is -0.378 e. The number of fused-ring (bicyclic) bond motifs is 1. The topological polar surface area (TPSA) is 67.2 Å². The molecule has 27 heavy (non-hydrogen) atoms. The number of nitrogens with one attached hydrogen (secondary N) is 1. The second-order valence-corrected chi connectivity index (χ2v) is 9.12. The Hall–Kier alpha value is -2.10. The first-order chi connectivity index (χ1) is 12.9. The maximum atomic E-state index is 12.4. The Morgan fingerprint density at radius 3 is 2.81 bits per heavy atom. The van der Waals surface area contributed by atoms with Crippen molar-refractivity contribution in [3.8, 4) is 11.8 Å². The van der Waals surface area contributed by atoms with Gasteiger partial charge >= 0.3 is 0 Å². The highest BCUT2D eigenvalue weighted by Gasteiger charge is 2.32. The van der Waals surface area contributed by atoms with Gasteiger partial charge in [0.1, 0.15) is 11.4 Å². The summed E-state index contributed by atoms with van der Waals surface area (Å²) in [6.07, 6.45) is 8.36. The van der Waals surface area contributed by atoms with Crippen molar-refractivity contribution in [1.82, 2.24) is 9.78 Å². The number of thiophene rings is 1. The van der Waals surface area contributed by atoms with Crippen molar-refractivity contribution in [3.63, 3.8) is 0 Å². The van der Waals surface area contributed by atoms with Gasteiger partial charge in [0.15, 0.2) is 0 Å². The van der Waals surface area contributed by atoms with Crippen LogP contribution in [0, 0.1) is 11.8 Å². The summed E-state index contributed by atoms with van der Waals surface area (Å²) in [6.45, 7) is 3.35. The molecule has 3 heterocycles. The summed E-state index contributed by atoms with van der Waals surface area (Å²) < 4.78 is 2.04. The lowest BCUT2D eigenvalue weighted by molar-refractivity contribution is -0.116. The van der Waals surface area contributed by atoms with E-state index in [0.29, 0.717) is 12.5 Å². The van der Waals surface area contributed by atoms with E-state index in [2.05, 4.69) is 22.3 Å². The van der Waals surface area contributed by atoms with Crippen molar-refractivity contribution in [3.05, 3.63) is 33.6 Å². The van der Waals surface area contributed by atoms with Crippen molar-refractivity contribution < 1.29 is 9.90 Å². The summed E-state index contributed by atoms with van der Waals surface area (Å²) in [4.78, 5) is 14.4. The van der Waals surface area contributed by atoms with E-state index < -0.39 is 5.60 Å². The third-order valence-electron chi connectivity index (χ3n) is 5.23. The molecule has 1 aliphatic heterocycles. The molecule has 1 fully saturated rings. The zero-order chi connectivity index (χ0) is 19.0. The molecule has 0 aromatic carbocycles. The number of rotatable bonds is 2. The Labute approximate surface area is 163 Å². The maximum absolute atomic E-state index is 12.4. The van der Waals surface area contributed by atoms with E-state index in [-0.39, 0.29) is 11.8 Å². The Balaban J connectivity index is 1.64. The quantitative estimate of drug-likeness (QED) is 0.769. The minimum atomic E-state index is -1.01. The maximum Gasteiger partial charge on any atom is 0.226 e. The molecule has 2 aromatic heterocycles. The zero-order valence-electron chi connectivity index (χ0n) is 15.8.